The van der Waals surface area contributed by atoms with Crippen LogP contribution in [0.4, 0.5) is 10.1 Å². The standard InChI is InChI=1S/C24H23FN4O3/c1-24(12-2-3-17(13-24)22(30)14-29-16-26-15-27-29)23(31)28-19-6-10-21(11-7-19)32-20-8-4-18(25)5-9-20/h4-11,13,15-16H,2-3,12,14H2,1H3,(H,28,31). The van der Waals surface area contributed by atoms with Crippen molar-refractivity contribution in [3.8, 4) is 11.5 Å². The summed E-state index contributed by atoms with van der Waals surface area (Å²) in [5.41, 5.74) is 0.485. The Morgan fingerprint density at radius 1 is 1.12 bits per heavy atom. The van der Waals surface area contributed by atoms with E-state index in [1.165, 1.54) is 29.5 Å². The lowest BCUT2D eigenvalue weighted by Gasteiger charge is -2.30. The number of amides is 1. The van der Waals surface area contributed by atoms with Gasteiger partial charge >= 0.3 is 0 Å². The number of Topliss-reactive ketones (excluding diaryl/α,β-unsaturated/α-hetero) is 1. The molecule has 1 aromatic heterocycles. The van der Waals surface area contributed by atoms with Crippen LogP contribution >= 0.6 is 0 Å². The first-order chi connectivity index (χ1) is 15.4. The van der Waals surface area contributed by atoms with Crippen molar-refractivity contribution in [2.24, 2.45) is 5.41 Å². The summed E-state index contributed by atoms with van der Waals surface area (Å²) in [6.07, 6.45) is 6.73. The molecule has 0 aliphatic heterocycles. The zero-order chi connectivity index (χ0) is 22.6. The molecule has 0 radical (unpaired) electrons. The number of ketones is 1. The molecule has 3 aromatic rings. The Morgan fingerprint density at radius 3 is 2.47 bits per heavy atom. The number of hydrogen-bond acceptors (Lipinski definition) is 5. The fourth-order valence-corrected chi connectivity index (χ4v) is 3.66. The Labute approximate surface area is 184 Å². The van der Waals surface area contributed by atoms with Crippen LogP contribution in [0, 0.1) is 11.2 Å². The van der Waals surface area contributed by atoms with Crippen LogP contribution in [0.3, 0.4) is 0 Å². The van der Waals surface area contributed by atoms with Crippen molar-refractivity contribution in [3.05, 3.63) is 78.7 Å². The molecule has 1 aliphatic rings. The number of hydrogen-bond donors (Lipinski definition) is 1. The fourth-order valence-electron chi connectivity index (χ4n) is 3.66. The molecule has 0 spiro atoms. The van der Waals surface area contributed by atoms with Gasteiger partial charge in [-0.15, -0.1) is 0 Å². The number of anilines is 1. The van der Waals surface area contributed by atoms with Gasteiger partial charge in [-0.3, -0.25) is 9.59 Å². The molecular formula is C24H23FN4O3. The van der Waals surface area contributed by atoms with E-state index in [9.17, 15) is 14.0 Å². The van der Waals surface area contributed by atoms with Crippen molar-refractivity contribution in [3.63, 3.8) is 0 Å². The van der Waals surface area contributed by atoms with Gasteiger partial charge in [-0.25, -0.2) is 14.1 Å². The number of halogens is 1. The van der Waals surface area contributed by atoms with Crippen molar-refractivity contribution in [1.29, 1.82) is 0 Å². The van der Waals surface area contributed by atoms with Gasteiger partial charge in [0, 0.05) is 5.69 Å². The summed E-state index contributed by atoms with van der Waals surface area (Å²) >= 11 is 0. The minimum absolute atomic E-state index is 0.0588. The average molecular weight is 434 g/mol. The third kappa shape index (κ3) is 5.08. The maximum atomic E-state index is 13.0. The van der Waals surface area contributed by atoms with E-state index in [1.807, 2.05) is 6.92 Å². The molecule has 1 unspecified atom stereocenters. The van der Waals surface area contributed by atoms with Gasteiger partial charge in [0.05, 0.1) is 5.41 Å². The predicted octanol–water partition coefficient (Wildman–Crippen LogP) is 4.53. The minimum Gasteiger partial charge on any atom is -0.457 e. The van der Waals surface area contributed by atoms with Gasteiger partial charge in [-0.1, -0.05) is 6.08 Å². The molecule has 2 aromatic carbocycles. The number of carbonyl (C=O) groups excluding carboxylic acids is 2. The lowest BCUT2D eigenvalue weighted by atomic mass is 9.76. The molecule has 164 valence electrons. The Balaban J connectivity index is 1.40. The largest absolute Gasteiger partial charge is 0.457 e. The van der Waals surface area contributed by atoms with Crippen LogP contribution in [0.15, 0.2) is 72.8 Å². The van der Waals surface area contributed by atoms with E-state index in [-0.39, 0.29) is 24.1 Å². The highest BCUT2D eigenvalue weighted by molar-refractivity contribution is 6.00. The lowest BCUT2D eigenvalue weighted by molar-refractivity contribution is -0.123. The van der Waals surface area contributed by atoms with Crippen LogP contribution in [-0.4, -0.2) is 26.5 Å². The van der Waals surface area contributed by atoms with E-state index in [1.54, 1.807) is 42.5 Å². The first-order valence-electron chi connectivity index (χ1n) is 10.3. The van der Waals surface area contributed by atoms with E-state index < -0.39 is 5.41 Å². The maximum Gasteiger partial charge on any atom is 0.234 e. The molecule has 0 fully saturated rings. The van der Waals surface area contributed by atoms with Gasteiger partial charge in [-0.05, 0) is 80.3 Å². The van der Waals surface area contributed by atoms with E-state index >= 15 is 0 Å². The van der Waals surface area contributed by atoms with Crippen molar-refractivity contribution in [2.45, 2.75) is 32.7 Å². The lowest BCUT2D eigenvalue weighted by Crippen LogP contribution is -2.34. The number of ether oxygens (including phenoxy) is 1. The summed E-state index contributed by atoms with van der Waals surface area (Å²) in [5.74, 6) is 0.529. The SMILES string of the molecule is CC1(C(=O)Nc2ccc(Oc3ccc(F)cc3)cc2)C=C(C(=O)Cn2cncn2)CCC1. The zero-order valence-electron chi connectivity index (χ0n) is 17.6. The second-order valence-electron chi connectivity index (χ2n) is 7.99. The van der Waals surface area contributed by atoms with Crippen LogP contribution in [0.1, 0.15) is 26.2 Å². The van der Waals surface area contributed by atoms with Gasteiger partial charge in [0.25, 0.3) is 0 Å². The molecule has 32 heavy (non-hydrogen) atoms. The molecule has 4 rings (SSSR count). The van der Waals surface area contributed by atoms with Crippen LogP contribution in [-0.2, 0) is 16.1 Å². The highest BCUT2D eigenvalue weighted by atomic mass is 19.1. The van der Waals surface area contributed by atoms with E-state index in [0.29, 0.717) is 35.6 Å². The third-order valence-electron chi connectivity index (χ3n) is 5.45. The number of allylic oxidation sites excluding steroid dienone is 1. The molecular weight excluding hydrogens is 411 g/mol. The number of nitrogens with one attached hydrogen (secondary N) is 1. The highest BCUT2D eigenvalue weighted by Crippen LogP contribution is 2.35. The Hall–Kier alpha value is -3.81. The fraction of sp³-hybridized carbons (Fsp3) is 0.250. The van der Waals surface area contributed by atoms with Gasteiger partial charge in [-0.2, -0.15) is 5.10 Å². The third-order valence-corrected chi connectivity index (χ3v) is 5.45. The van der Waals surface area contributed by atoms with Crippen molar-refractivity contribution < 1.29 is 18.7 Å². The topological polar surface area (TPSA) is 86.1 Å². The first kappa shape index (κ1) is 21.4. The van der Waals surface area contributed by atoms with Crippen LogP contribution in [0.5, 0.6) is 11.5 Å². The Kier molecular flexibility index (Phi) is 6.11. The molecule has 1 aliphatic carbocycles. The molecule has 0 bridgehead atoms. The Bertz CT molecular complexity index is 1130. The second-order valence-corrected chi connectivity index (χ2v) is 7.99. The van der Waals surface area contributed by atoms with Gasteiger partial charge in [0.2, 0.25) is 5.91 Å². The van der Waals surface area contributed by atoms with E-state index in [0.717, 1.165) is 6.42 Å². The smallest absolute Gasteiger partial charge is 0.234 e. The zero-order valence-corrected chi connectivity index (χ0v) is 17.6. The summed E-state index contributed by atoms with van der Waals surface area (Å²) in [7, 11) is 0. The summed E-state index contributed by atoms with van der Waals surface area (Å²) in [6.45, 7) is 1.95. The van der Waals surface area contributed by atoms with Crippen LogP contribution in [0.25, 0.3) is 0 Å². The predicted molar refractivity (Wildman–Crippen MR) is 117 cm³/mol. The normalized spacial score (nSPS) is 18.0. The summed E-state index contributed by atoms with van der Waals surface area (Å²) in [4.78, 5) is 29.5. The van der Waals surface area contributed by atoms with Gasteiger partial charge in [0.15, 0.2) is 5.78 Å². The van der Waals surface area contributed by atoms with Gasteiger partial charge in [0.1, 0.15) is 36.5 Å². The van der Waals surface area contributed by atoms with Crippen molar-refractivity contribution in [1.82, 2.24) is 14.8 Å². The molecule has 7 nitrogen and oxygen atoms in total. The molecule has 1 N–H and O–H groups in total. The monoisotopic (exact) mass is 434 g/mol. The number of nitrogens with zero attached hydrogens (tertiary/aromatic N) is 3. The number of rotatable bonds is 7. The minimum atomic E-state index is -0.783. The first-order valence-corrected chi connectivity index (χ1v) is 10.3. The quantitative estimate of drug-likeness (QED) is 0.590. The van der Waals surface area contributed by atoms with Crippen LogP contribution < -0.4 is 10.1 Å². The summed E-state index contributed by atoms with van der Waals surface area (Å²) < 4.78 is 20.2. The van der Waals surface area contributed by atoms with Crippen LogP contribution in [0.2, 0.25) is 0 Å². The molecule has 0 saturated heterocycles. The molecule has 1 atom stereocenters. The Morgan fingerprint density at radius 2 is 1.81 bits per heavy atom. The summed E-state index contributed by atoms with van der Waals surface area (Å²) in [5, 5.41) is 6.90. The van der Waals surface area contributed by atoms with Gasteiger partial charge < -0.3 is 10.1 Å². The highest BCUT2D eigenvalue weighted by Gasteiger charge is 2.35. The second kappa shape index (κ2) is 9.13. The maximum absolute atomic E-state index is 13.0. The molecule has 1 heterocycles. The summed E-state index contributed by atoms with van der Waals surface area (Å²) in [6, 6.07) is 12.7. The number of benzene rings is 2. The van der Waals surface area contributed by atoms with Crippen molar-refractivity contribution >= 4 is 17.4 Å². The van der Waals surface area contributed by atoms with E-state index in [2.05, 4.69) is 15.4 Å². The van der Waals surface area contributed by atoms with E-state index in [4.69, 9.17) is 4.74 Å². The molecule has 0 saturated carbocycles. The number of aromatic nitrogens is 3. The molecule has 8 heteroatoms. The van der Waals surface area contributed by atoms with Crippen molar-refractivity contribution in [2.75, 3.05) is 5.32 Å². The molecule has 1 amide bonds. The number of carbonyl (C=O) groups is 2. The average Bonchev–Trinajstić information content (AvgIpc) is 3.30.